The molecule has 1 aromatic rings. The predicted octanol–water partition coefficient (Wildman–Crippen LogP) is -1.57. The highest BCUT2D eigenvalue weighted by Crippen LogP contribution is 2.23. The maximum Gasteiger partial charge on any atom is 0.111 e. The molecule has 0 aromatic heterocycles. The van der Waals surface area contributed by atoms with E-state index in [9.17, 15) is 20.4 Å². The van der Waals surface area contributed by atoms with E-state index >= 15 is 0 Å². The summed E-state index contributed by atoms with van der Waals surface area (Å²) in [5.74, 6) is 0. The van der Waals surface area contributed by atoms with Crippen LogP contribution in [0.4, 0.5) is 11.4 Å². The third-order valence-corrected chi connectivity index (χ3v) is 3.63. The molecular formula is C13H22N2O5S. The lowest BCUT2D eigenvalue weighted by molar-refractivity contribution is -0.112. The van der Waals surface area contributed by atoms with E-state index in [1.54, 1.807) is 30.1 Å². The van der Waals surface area contributed by atoms with Crippen LogP contribution in [0, 0.1) is 0 Å². The van der Waals surface area contributed by atoms with Gasteiger partial charge in [0.05, 0.1) is 12.7 Å². The Hall–Kier alpha value is -1.03. The van der Waals surface area contributed by atoms with E-state index in [2.05, 4.69) is 12.6 Å². The number of hydrogen-bond donors (Lipinski definition) is 7. The first-order valence-electron chi connectivity index (χ1n) is 6.40. The minimum absolute atomic E-state index is 0.00745. The van der Waals surface area contributed by atoms with Gasteiger partial charge in [-0.1, -0.05) is 0 Å². The predicted molar refractivity (Wildman–Crippen MR) is 82.5 cm³/mol. The molecule has 0 saturated carbocycles. The summed E-state index contributed by atoms with van der Waals surface area (Å²) >= 11 is 4.20. The Morgan fingerprint density at radius 3 is 2.24 bits per heavy atom. The Labute approximate surface area is 128 Å². The lowest BCUT2D eigenvalue weighted by atomic mass is 10.0. The quantitative estimate of drug-likeness (QED) is 0.239. The number of aliphatic hydroxyl groups excluding tert-OH is 5. The molecule has 4 atom stereocenters. The SMILES string of the molecule is CN(CC(O)C(O)C(O)C(O)CO)c1ccc(N)c(S)c1. The highest BCUT2D eigenvalue weighted by atomic mass is 32.1. The zero-order valence-corrected chi connectivity index (χ0v) is 12.6. The number of likely N-dealkylation sites (N-methyl/N-ethyl adjacent to an activating group) is 1. The highest BCUT2D eigenvalue weighted by molar-refractivity contribution is 7.80. The number of rotatable bonds is 7. The number of anilines is 2. The van der Waals surface area contributed by atoms with Crippen molar-refractivity contribution < 1.29 is 25.5 Å². The molecule has 8 heteroatoms. The summed E-state index contributed by atoms with van der Waals surface area (Å²) in [6.45, 7) is -0.699. The maximum absolute atomic E-state index is 9.90. The molecule has 0 bridgehead atoms. The van der Waals surface area contributed by atoms with Gasteiger partial charge in [-0.05, 0) is 18.2 Å². The summed E-state index contributed by atoms with van der Waals surface area (Å²) in [6.07, 6.45) is -6.04. The third kappa shape index (κ3) is 4.73. The monoisotopic (exact) mass is 318 g/mol. The van der Waals surface area contributed by atoms with Crippen LogP contribution in [-0.4, -0.2) is 70.1 Å². The van der Waals surface area contributed by atoms with Gasteiger partial charge in [-0.25, -0.2) is 0 Å². The molecule has 0 fully saturated rings. The number of hydrogen-bond acceptors (Lipinski definition) is 8. The third-order valence-electron chi connectivity index (χ3n) is 3.24. The van der Waals surface area contributed by atoms with Crippen molar-refractivity contribution in [2.45, 2.75) is 29.3 Å². The zero-order valence-electron chi connectivity index (χ0n) is 11.7. The summed E-state index contributed by atoms with van der Waals surface area (Å²) in [4.78, 5) is 2.23. The summed E-state index contributed by atoms with van der Waals surface area (Å²) in [5, 5.41) is 47.2. The molecule has 0 aliphatic rings. The number of nitrogens with two attached hydrogens (primary N) is 1. The van der Waals surface area contributed by atoms with Crippen LogP contribution in [0.5, 0.6) is 0 Å². The van der Waals surface area contributed by atoms with Crippen molar-refractivity contribution in [3.8, 4) is 0 Å². The molecule has 0 aliphatic carbocycles. The van der Waals surface area contributed by atoms with Gasteiger partial charge in [-0.15, -0.1) is 12.6 Å². The largest absolute Gasteiger partial charge is 0.398 e. The maximum atomic E-state index is 9.90. The molecule has 21 heavy (non-hydrogen) atoms. The molecule has 7 nitrogen and oxygen atoms in total. The second-order valence-electron chi connectivity index (χ2n) is 4.92. The molecule has 0 aliphatic heterocycles. The summed E-state index contributed by atoms with van der Waals surface area (Å²) < 4.78 is 0. The molecule has 0 saturated heterocycles. The van der Waals surface area contributed by atoms with Crippen LogP contribution in [0.3, 0.4) is 0 Å². The molecule has 120 valence electrons. The first kappa shape index (κ1) is 18.0. The zero-order chi connectivity index (χ0) is 16.2. The van der Waals surface area contributed by atoms with Crippen LogP contribution in [0.15, 0.2) is 23.1 Å². The van der Waals surface area contributed by atoms with Crippen molar-refractivity contribution in [2.24, 2.45) is 0 Å². The summed E-state index contributed by atoms with van der Waals surface area (Å²) in [7, 11) is 1.68. The lowest BCUT2D eigenvalue weighted by Gasteiger charge is -2.29. The molecule has 1 rings (SSSR count). The van der Waals surface area contributed by atoms with E-state index in [0.29, 0.717) is 10.6 Å². The summed E-state index contributed by atoms with van der Waals surface area (Å²) in [6, 6.07) is 5.10. The smallest absolute Gasteiger partial charge is 0.111 e. The van der Waals surface area contributed by atoms with E-state index in [-0.39, 0.29) is 6.54 Å². The van der Waals surface area contributed by atoms with Crippen molar-refractivity contribution in [2.75, 3.05) is 30.8 Å². The fraction of sp³-hybridized carbons (Fsp3) is 0.538. The van der Waals surface area contributed by atoms with Gasteiger partial charge in [0.2, 0.25) is 0 Å². The van der Waals surface area contributed by atoms with E-state index < -0.39 is 31.0 Å². The molecule has 0 radical (unpaired) electrons. The molecule has 1 aromatic carbocycles. The number of thiol groups is 1. The number of nitrogens with zero attached hydrogens (tertiary/aromatic N) is 1. The lowest BCUT2D eigenvalue weighted by Crippen LogP contribution is -2.49. The van der Waals surface area contributed by atoms with Crippen molar-refractivity contribution in [1.82, 2.24) is 0 Å². The molecule has 4 unspecified atom stereocenters. The van der Waals surface area contributed by atoms with Gasteiger partial charge in [0.25, 0.3) is 0 Å². The average Bonchev–Trinajstić information content (AvgIpc) is 2.47. The van der Waals surface area contributed by atoms with Crippen molar-refractivity contribution >= 4 is 24.0 Å². The fourth-order valence-electron chi connectivity index (χ4n) is 1.83. The normalized spacial score (nSPS) is 17.1. The first-order chi connectivity index (χ1) is 9.77. The van der Waals surface area contributed by atoms with E-state index in [4.69, 9.17) is 10.8 Å². The Kier molecular flexibility index (Phi) is 6.72. The first-order valence-corrected chi connectivity index (χ1v) is 6.85. The van der Waals surface area contributed by atoms with Crippen LogP contribution in [0.2, 0.25) is 0 Å². The van der Waals surface area contributed by atoms with Gasteiger partial charge in [0, 0.05) is 29.9 Å². The van der Waals surface area contributed by atoms with Gasteiger partial charge in [-0.2, -0.15) is 0 Å². The molecule has 7 N–H and O–H groups in total. The molecular weight excluding hydrogens is 296 g/mol. The highest BCUT2D eigenvalue weighted by Gasteiger charge is 2.30. The Morgan fingerprint density at radius 2 is 1.71 bits per heavy atom. The average molecular weight is 318 g/mol. The van der Waals surface area contributed by atoms with Crippen LogP contribution in [-0.2, 0) is 0 Å². The van der Waals surface area contributed by atoms with Gasteiger partial charge in [0.15, 0.2) is 0 Å². The van der Waals surface area contributed by atoms with E-state index in [0.717, 1.165) is 5.69 Å². The minimum Gasteiger partial charge on any atom is -0.398 e. The van der Waals surface area contributed by atoms with Crippen LogP contribution >= 0.6 is 12.6 Å². The van der Waals surface area contributed by atoms with Gasteiger partial charge < -0.3 is 36.2 Å². The van der Waals surface area contributed by atoms with Gasteiger partial charge in [0.1, 0.15) is 18.3 Å². The van der Waals surface area contributed by atoms with Gasteiger partial charge >= 0.3 is 0 Å². The van der Waals surface area contributed by atoms with Gasteiger partial charge in [-0.3, -0.25) is 0 Å². The Balaban J connectivity index is 2.68. The van der Waals surface area contributed by atoms with Crippen LogP contribution in [0.1, 0.15) is 0 Å². The molecule has 0 amide bonds. The summed E-state index contributed by atoms with van der Waals surface area (Å²) in [5.41, 5.74) is 6.90. The van der Waals surface area contributed by atoms with Crippen molar-refractivity contribution in [3.63, 3.8) is 0 Å². The number of aliphatic hydroxyl groups is 5. The Bertz CT molecular complexity index is 462. The van der Waals surface area contributed by atoms with Crippen LogP contribution in [0.25, 0.3) is 0 Å². The minimum atomic E-state index is -1.63. The second kappa shape index (κ2) is 7.83. The second-order valence-corrected chi connectivity index (χ2v) is 5.40. The van der Waals surface area contributed by atoms with Crippen LogP contribution < -0.4 is 10.6 Å². The molecule has 0 heterocycles. The topological polar surface area (TPSA) is 130 Å². The van der Waals surface area contributed by atoms with Crippen molar-refractivity contribution in [3.05, 3.63) is 18.2 Å². The fourth-order valence-corrected chi connectivity index (χ4v) is 2.03. The van der Waals surface area contributed by atoms with E-state index in [1.165, 1.54) is 0 Å². The molecule has 0 spiro atoms. The van der Waals surface area contributed by atoms with Crippen molar-refractivity contribution in [1.29, 1.82) is 0 Å². The standard InChI is InChI=1S/C13H22N2O5S/c1-15(7-2-3-8(14)11(21)4-7)5-9(17)12(19)13(20)10(18)6-16/h2-4,9-10,12-13,16-21H,5-6,14H2,1H3. The Morgan fingerprint density at radius 1 is 1.14 bits per heavy atom. The number of nitrogen functional groups attached to an aromatic ring is 1. The number of benzene rings is 1. The van der Waals surface area contributed by atoms with E-state index in [1.807, 2.05) is 0 Å².